The van der Waals surface area contributed by atoms with Gasteiger partial charge in [-0.3, -0.25) is 9.48 Å². The summed E-state index contributed by atoms with van der Waals surface area (Å²) in [4.78, 5) is 12.1. The van der Waals surface area contributed by atoms with E-state index < -0.39 is 0 Å². The van der Waals surface area contributed by atoms with Gasteiger partial charge in [-0.25, -0.2) is 0 Å². The van der Waals surface area contributed by atoms with Gasteiger partial charge in [-0.1, -0.05) is 20.3 Å². The summed E-state index contributed by atoms with van der Waals surface area (Å²) in [5.41, 5.74) is 1.48. The summed E-state index contributed by atoms with van der Waals surface area (Å²) in [6.07, 6.45) is 5.33. The van der Waals surface area contributed by atoms with Crippen LogP contribution >= 0.6 is 0 Å². The van der Waals surface area contributed by atoms with Gasteiger partial charge < -0.3 is 10.4 Å². The highest BCUT2D eigenvalue weighted by atomic mass is 16.3. The highest BCUT2D eigenvalue weighted by molar-refractivity contribution is 5.95. The first-order valence-corrected chi connectivity index (χ1v) is 7.03. The van der Waals surface area contributed by atoms with E-state index in [1.165, 1.54) is 0 Å². The second-order valence-electron chi connectivity index (χ2n) is 4.89. The molecule has 0 aliphatic heterocycles. The van der Waals surface area contributed by atoms with Crippen LogP contribution in [0.4, 0.5) is 0 Å². The van der Waals surface area contributed by atoms with E-state index in [0.717, 1.165) is 31.4 Å². The van der Waals surface area contributed by atoms with E-state index in [-0.39, 0.29) is 12.5 Å². The van der Waals surface area contributed by atoms with Gasteiger partial charge in [-0.05, 0) is 25.2 Å². The van der Waals surface area contributed by atoms with Crippen molar-refractivity contribution in [2.24, 2.45) is 13.0 Å². The number of aliphatic hydroxyl groups is 1. The third-order valence-corrected chi connectivity index (χ3v) is 3.27. The fourth-order valence-electron chi connectivity index (χ4n) is 2.26. The lowest BCUT2D eigenvalue weighted by molar-refractivity contribution is 0.0942. The molecule has 0 aromatic carbocycles. The van der Waals surface area contributed by atoms with Crippen LogP contribution in [0.1, 0.15) is 49.2 Å². The number of amides is 1. The number of aliphatic hydroxyl groups excluding tert-OH is 1. The Labute approximate surface area is 115 Å². The van der Waals surface area contributed by atoms with Crippen molar-refractivity contribution in [3.63, 3.8) is 0 Å². The standard InChI is InChI=1S/C14H25N3O2/c1-4-6-11(7-8-18)9-15-14(19)12-10-17(3)16-13(12)5-2/h10-11,18H,4-9H2,1-3H3,(H,15,19). The van der Waals surface area contributed by atoms with Gasteiger partial charge >= 0.3 is 0 Å². The molecule has 5 nitrogen and oxygen atoms in total. The summed E-state index contributed by atoms with van der Waals surface area (Å²) < 4.78 is 1.67. The van der Waals surface area contributed by atoms with Gasteiger partial charge in [-0.15, -0.1) is 0 Å². The number of rotatable bonds is 8. The lowest BCUT2D eigenvalue weighted by atomic mass is 10.00. The quantitative estimate of drug-likeness (QED) is 0.750. The average Bonchev–Trinajstić information content (AvgIpc) is 2.77. The van der Waals surface area contributed by atoms with Crippen LogP contribution in [0.15, 0.2) is 6.20 Å². The van der Waals surface area contributed by atoms with Gasteiger partial charge in [-0.2, -0.15) is 5.10 Å². The Bertz CT molecular complexity index is 395. The van der Waals surface area contributed by atoms with Crippen LogP contribution in [0.25, 0.3) is 0 Å². The molecule has 0 saturated heterocycles. The Morgan fingerprint density at radius 1 is 1.47 bits per heavy atom. The zero-order chi connectivity index (χ0) is 14.3. The van der Waals surface area contributed by atoms with Crippen molar-refractivity contribution in [3.8, 4) is 0 Å². The fourth-order valence-corrected chi connectivity index (χ4v) is 2.26. The summed E-state index contributed by atoms with van der Waals surface area (Å²) in [6, 6.07) is 0. The maximum atomic E-state index is 12.1. The minimum atomic E-state index is -0.0657. The number of aromatic nitrogens is 2. The molecule has 1 amide bonds. The molecular weight excluding hydrogens is 242 g/mol. The van der Waals surface area contributed by atoms with Gasteiger partial charge in [0.05, 0.1) is 11.3 Å². The molecule has 1 unspecified atom stereocenters. The third kappa shape index (κ3) is 4.67. The molecule has 0 aliphatic rings. The third-order valence-electron chi connectivity index (χ3n) is 3.27. The summed E-state index contributed by atoms with van der Waals surface area (Å²) in [6.45, 7) is 4.90. The molecule has 0 radical (unpaired) electrons. The Morgan fingerprint density at radius 3 is 2.79 bits per heavy atom. The van der Waals surface area contributed by atoms with Crippen molar-refractivity contribution in [2.45, 2.75) is 39.5 Å². The first-order chi connectivity index (χ1) is 9.12. The topological polar surface area (TPSA) is 67.2 Å². The molecule has 1 aromatic heterocycles. The van der Waals surface area contributed by atoms with E-state index in [4.69, 9.17) is 5.11 Å². The predicted molar refractivity (Wildman–Crippen MR) is 75.0 cm³/mol. The van der Waals surface area contributed by atoms with Crippen LogP contribution < -0.4 is 5.32 Å². The molecule has 2 N–H and O–H groups in total. The number of nitrogens with zero attached hydrogens (tertiary/aromatic N) is 2. The minimum Gasteiger partial charge on any atom is -0.396 e. The zero-order valence-corrected chi connectivity index (χ0v) is 12.1. The molecule has 0 saturated carbocycles. The molecule has 5 heteroatoms. The summed E-state index contributed by atoms with van der Waals surface area (Å²) >= 11 is 0. The number of carbonyl (C=O) groups is 1. The van der Waals surface area contributed by atoms with E-state index in [1.807, 2.05) is 14.0 Å². The van der Waals surface area contributed by atoms with Crippen molar-refractivity contribution in [2.75, 3.05) is 13.2 Å². The fraction of sp³-hybridized carbons (Fsp3) is 0.714. The Morgan fingerprint density at radius 2 is 2.21 bits per heavy atom. The Kier molecular flexibility index (Phi) is 6.56. The summed E-state index contributed by atoms with van der Waals surface area (Å²) in [5.74, 6) is 0.282. The van der Waals surface area contributed by atoms with Crippen molar-refractivity contribution in [3.05, 3.63) is 17.5 Å². The number of hydrogen-bond acceptors (Lipinski definition) is 3. The van der Waals surface area contributed by atoms with Gasteiger partial charge in [0.25, 0.3) is 5.91 Å². The maximum absolute atomic E-state index is 12.1. The van der Waals surface area contributed by atoms with Crippen LogP contribution in [-0.4, -0.2) is 33.9 Å². The monoisotopic (exact) mass is 267 g/mol. The smallest absolute Gasteiger partial charge is 0.254 e. The molecule has 19 heavy (non-hydrogen) atoms. The highest BCUT2D eigenvalue weighted by Crippen LogP contribution is 2.11. The molecule has 1 heterocycles. The largest absolute Gasteiger partial charge is 0.396 e. The number of carbonyl (C=O) groups excluding carboxylic acids is 1. The normalized spacial score (nSPS) is 12.4. The van der Waals surface area contributed by atoms with Crippen LogP contribution in [0.5, 0.6) is 0 Å². The van der Waals surface area contributed by atoms with Crippen molar-refractivity contribution in [1.82, 2.24) is 15.1 Å². The number of nitrogens with one attached hydrogen (secondary N) is 1. The van der Waals surface area contributed by atoms with Crippen LogP contribution in [0.3, 0.4) is 0 Å². The van der Waals surface area contributed by atoms with Crippen molar-refractivity contribution in [1.29, 1.82) is 0 Å². The predicted octanol–water partition coefficient (Wildman–Crippen LogP) is 1.51. The molecule has 0 bridgehead atoms. The zero-order valence-electron chi connectivity index (χ0n) is 12.1. The molecule has 1 aromatic rings. The highest BCUT2D eigenvalue weighted by Gasteiger charge is 2.15. The van der Waals surface area contributed by atoms with E-state index in [2.05, 4.69) is 17.3 Å². The number of aryl methyl sites for hydroxylation is 2. The second-order valence-corrected chi connectivity index (χ2v) is 4.89. The van der Waals surface area contributed by atoms with Gasteiger partial charge in [0, 0.05) is 26.4 Å². The Hall–Kier alpha value is -1.36. The van der Waals surface area contributed by atoms with E-state index >= 15 is 0 Å². The van der Waals surface area contributed by atoms with E-state index in [9.17, 15) is 4.79 Å². The maximum Gasteiger partial charge on any atom is 0.254 e. The summed E-state index contributed by atoms with van der Waals surface area (Å²) in [5, 5.41) is 16.2. The molecule has 1 atom stereocenters. The van der Waals surface area contributed by atoms with Gasteiger partial charge in [0.1, 0.15) is 0 Å². The van der Waals surface area contributed by atoms with Crippen LogP contribution in [-0.2, 0) is 13.5 Å². The first kappa shape index (κ1) is 15.7. The second kappa shape index (κ2) is 7.94. The lowest BCUT2D eigenvalue weighted by Gasteiger charge is -2.15. The van der Waals surface area contributed by atoms with Gasteiger partial charge in [0.2, 0.25) is 0 Å². The Balaban J connectivity index is 2.58. The molecule has 108 valence electrons. The van der Waals surface area contributed by atoms with Crippen LogP contribution in [0, 0.1) is 5.92 Å². The first-order valence-electron chi connectivity index (χ1n) is 7.03. The number of hydrogen-bond donors (Lipinski definition) is 2. The minimum absolute atomic E-state index is 0.0657. The lowest BCUT2D eigenvalue weighted by Crippen LogP contribution is -2.30. The SMILES string of the molecule is CCCC(CCO)CNC(=O)c1cn(C)nc1CC. The van der Waals surface area contributed by atoms with Crippen molar-refractivity contribution >= 4 is 5.91 Å². The van der Waals surface area contributed by atoms with E-state index in [0.29, 0.717) is 18.0 Å². The molecule has 0 aliphatic carbocycles. The molecule has 1 rings (SSSR count). The molecule has 0 fully saturated rings. The molecular formula is C14H25N3O2. The van der Waals surface area contributed by atoms with Crippen molar-refractivity contribution < 1.29 is 9.90 Å². The van der Waals surface area contributed by atoms with E-state index in [1.54, 1.807) is 10.9 Å². The van der Waals surface area contributed by atoms with Gasteiger partial charge in [0.15, 0.2) is 0 Å². The molecule has 0 spiro atoms. The van der Waals surface area contributed by atoms with Crippen LogP contribution in [0.2, 0.25) is 0 Å². The summed E-state index contributed by atoms with van der Waals surface area (Å²) in [7, 11) is 1.82. The average molecular weight is 267 g/mol.